The minimum atomic E-state index is -0.899. The average molecular weight is 343 g/mol. The summed E-state index contributed by atoms with van der Waals surface area (Å²) in [4.78, 5) is 26.9. The van der Waals surface area contributed by atoms with Crippen LogP contribution >= 0.6 is 11.6 Å². The van der Waals surface area contributed by atoms with E-state index in [2.05, 4.69) is 10.3 Å². The third-order valence-electron chi connectivity index (χ3n) is 3.04. The molecular formula is C16H23ClN2O4. The van der Waals surface area contributed by atoms with Crippen molar-refractivity contribution in [3.05, 3.63) is 22.8 Å². The van der Waals surface area contributed by atoms with Crippen molar-refractivity contribution >= 4 is 23.5 Å². The first kappa shape index (κ1) is 19.2. The lowest BCUT2D eigenvalue weighted by Crippen LogP contribution is -2.43. The number of aliphatic carboxylic acids is 1. The molecule has 0 aliphatic carbocycles. The van der Waals surface area contributed by atoms with Crippen molar-refractivity contribution in [3.8, 4) is 5.88 Å². The summed E-state index contributed by atoms with van der Waals surface area (Å²) in [7, 11) is 0. The summed E-state index contributed by atoms with van der Waals surface area (Å²) in [6, 6.07) is 1.49. The largest absolute Gasteiger partial charge is 0.481 e. The summed E-state index contributed by atoms with van der Waals surface area (Å²) in [5.41, 5.74) is -0.343. The Hall–Kier alpha value is -1.82. The lowest BCUT2D eigenvalue weighted by atomic mass is 9.98. The standard InChI is InChI=1S/C16H23ClN2O4/c1-10(2)9-23-15-12(17)7-11(8-18-15)14(22)19-16(3,4)6-5-13(20)21/h7-8,10H,5-6,9H2,1-4H3,(H,19,22)(H,20,21). The number of aromatic nitrogens is 1. The highest BCUT2D eigenvalue weighted by Gasteiger charge is 2.23. The molecule has 2 N–H and O–H groups in total. The first-order valence-corrected chi connectivity index (χ1v) is 7.81. The van der Waals surface area contributed by atoms with Crippen LogP contribution in [0.25, 0.3) is 0 Å². The van der Waals surface area contributed by atoms with Crippen LogP contribution in [0.5, 0.6) is 5.88 Å². The highest BCUT2D eigenvalue weighted by Crippen LogP contribution is 2.23. The lowest BCUT2D eigenvalue weighted by molar-refractivity contribution is -0.137. The van der Waals surface area contributed by atoms with E-state index in [0.29, 0.717) is 30.4 Å². The van der Waals surface area contributed by atoms with Crippen molar-refractivity contribution in [3.63, 3.8) is 0 Å². The average Bonchev–Trinajstić information content (AvgIpc) is 2.43. The topological polar surface area (TPSA) is 88.5 Å². The Bertz CT molecular complexity index is 573. The van der Waals surface area contributed by atoms with E-state index in [1.54, 1.807) is 13.8 Å². The number of carboxylic acid groups (broad SMARTS) is 1. The number of nitrogens with zero attached hydrogens (tertiary/aromatic N) is 1. The fourth-order valence-corrected chi connectivity index (χ4v) is 1.98. The van der Waals surface area contributed by atoms with Gasteiger partial charge in [-0.1, -0.05) is 25.4 Å². The van der Waals surface area contributed by atoms with Gasteiger partial charge in [0.25, 0.3) is 5.91 Å². The molecule has 6 nitrogen and oxygen atoms in total. The molecule has 0 unspecified atom stereocenters. The van der Waals surface area contributed by atoms with E-state index >= 15 is 0 Å². The second-order valence-corrected chi connectivity index (χ2v) is 6.85. The fraction of sp³-hybridized carbons (Fsp3) is 0.562. The van der Waals surface area contributed by atoms with Crippen LogP contribution < -0.4 is 10.1 Å². The second kappa shape index (κ2) is 8.15. The molecule has 0 bridgehead atoms. The zero-order valence-electron chi connectivity index (χ0n) is 13.9. The normalized spacial score (nSPS) is 11.4. The van der Waals surface area contributed by atoms with Crippen LogP contribution in [-0.2, 0) is 4.79 Å². The molecule has 0 saturated carbocycles. The number of amides is 1. The molecule has 7 heteroatoms. The van der Waals surface area contributed by atoms with E-state index in [0.717, 1.165) is 0 Å². The van der Waals surface area contributed by atoms with Crippen molar-refractivity contribution < 1.29 is 19.4 Å². The maximum Gasteiger partial charge on any atom is 0.303 e. The van der Waals surface area contributed by atoms with Crippen molar-refractivity contribution in [1.82, 2.24) is 10.3 Å². The Kier molecular flexibility index (Phi) is 6.81. The highest BCUT2D eigenvalue weighted by molar-refractivity contribution is 6.32. The maximum absolute atomic E-state index is 12.2. The van der Waals surface area contributed by atoms with Gasteiger partial charge in [0.05, 0.1) is 12.2 Å². The molecule has 0 fully saturated rings. The number of hydrogen-bond acceptors (Lipinski definition) is 4. The summed E-state index contributed by atoms with van der Waals surface area (Å²) >= 11 is 6.09. The van der Waals surface area contributed by atoms with E-state index in [4.69, 9.17) is 21.4 Å². The SMILES string of the molecule is CC(C)COc1ncc(C(=O)NC(C)(C)CCC(=O)O)cc1Cl. The third kappa shape index (κ3) is 6.86. The quantitative estimate of drug-likeness (QED) is 0.757. The van der Waals surface area contributed by atoms with Crippen LogP contribution in [0.2, 0.25) is 5.02 Å². The molecule has 1 rings (SSSR count). The summed E-state index contributed by atoms with van der Waals surface area (Å²) < 4.78 is 5.46. The van der Waals surface area contributed by atoms with Gasteiger partial charge in [0.1, 0.15) is 5.02 Å². The number of pyridine rings is 1. The van der Waals surface area contributed by atoms with Gasteiger partial charge in [-0.25, -0.2) is 4.98 Å². The zero-order valence-corrected chi connectivity index (χ0v) is 14.6. The van der Waals surface area contributed by atoms with Gasteiger partial charge in [-0.2, -0.15) is 0 Å². The molecule has 0 saturated heterocycles. The molecule has 128 valence electrons. The molecule has 0 radical (unpaired) electrons. The molecule has 0 spiro atoms. The molecular weight excluding hydrogens is 320 g/mol. The number of carbonyl (C=O) groups excluding carboxylic acids is 1. The van der Waals surface area contributed by atoms with Crippen molar-refractivity contribution in [2.24, 2.45) is 5.92 Å². The van der Waals surface area contributed by atoms with Gasteiger partial charge < -0.3 is 15.2 Å². The van der Waals surface area contributed by atoms with Crippen LogP contribution in [0.3, 0.4) is 0 Å². The Morgan fingerprint density at radius 3 is 2.61 bits per heavy atom. The number of carbonyl (C=O) groups is 2. The number of ether oxygens (including phenoxy) is 1. The first-order chi connectivity index (χ1) is 10.6. The van der Waals surface area contributed by atoms with Gasteiger partial charge in [-0.3, -0.25) is 9.59 Å². The van der Waals surface area contributed by atoms with Crippen LogP contribution in [-0.4, -0.2) is 34.1 Å². The Morgan fingerprint density at radius 1 is 1.43 bits per heavy atom. The van der Waals surface area contributed by atoms with Crippen molar-refractivity contribution in [1.29, 1.82) is 0 Å². The van der Waals surface area contributed by atoms with Crippen molar-refractivity contribution in [2.45, 2.75) is 46.1 Å². The van der Waals surface area contributed by atoms with Crippen molar-refractivity contribution in [2.75, 3.05) is 6.61 Å². The Labute approximate surface area is 141 Å². The number of carboxylic acids is 1. The fourth-order valence-electron chi connectivity index (χ4n) is 1.76. The van der Waals surface area contributed by atoms with Gasteiger partial charge in [0.15, 0.2) is 0 Å². The van der Waals surface area contributed by atoms with Gasteiger partial charge >= 0.3 is 5.97 Å². The lowest BCUT2D eigenvalue weighted by Gasteiger charge is -2.25. The van der Waals surface area contributed by atoms with Gasteiger partial charge in [0.2, 0.25) is 5.88 Å². The first-order valence-electron chi connectivity index (χ1n) is 7.43. The predicted molar refractivity (Wildman–Crippen MR) is 88.0 cm³/mol. The minimum Gasteiger partial charge on any atom is -0.481 e. The minimum absolute atomic E-state index is 0.0196. The van der Waals surface area contributed by atoms with Crippen LogP contribution in [0.1, 0.15) is 50.9 Å². The number of nitrogens with one attached hydrogen (secondary N) is 1. The van der Waals surface area contributed by atoms with Gasteiger partial charge in [-0.15, -0.1) is 0 Å². The molecule has 1 heterocycles. The van der Waals surface area contributed by atoms with E-state index in [1.165, 1.54) is 12.3 Å². The molecule has 0 aliphatic heterocycles. The van der Waals surface area contributed by atoms with E-state index in [9.17, 15) is 9.59 Å². The summed E-state index contributed by atoms with van der Waals surface area (Å²) in [5.74, 6) is -0.623. The van der Waals surface area contributed by atoms with E-state index in [1.807, 2.05) is 13.8 Å². The summed E-state index contributed by atoms with van der Waals surface area (Å²) in [6.07, 6.45) is 1.70. The second-order valence-electron chi connectivity index (χ2n) is 6.45. The zero-order chi connectivity index (χ0) is 17.6. The molecule has 1 amide bonds. The number of halogens is 1. The molecule has 0 aromatic carbocycles. The van der Waals surface area contributed by atoms with Crippen LogP contribution in [0.15, 0.2) is 12.3 Å². The highest BCUT2D eigenvalue weighted by atomic mass is 35.5. The smallest absolute Gasteiger partial charge is 0.303 e. The van der Waals surface area contributed by atoms with Gasteiger partial charge in [-0.05, 0) is 32.3 Å². The molecule has 23 heavy (non-hydrogen) atoms. The molecule has 0 aliphatic rings. The molecule has 1 aromatic rings. The Morgan fingerprint density at radius 2 is 2.09 bits per heavy atom. The number of rotatable bonds is 8. The monoisotopic (exact) mass is 342 g/mol. The molecule has 0 atom stereocenters. The maximum atomic E-state index is 12.2. The number of hydrogen-bond donors (Lipinski definition) is 2. The van der Waals surface area contributed by atoms with E-state index in [-0.39, 0.29) is 17.4 Å². The third-order valence-corrected chi connectivity index (χ3v) is 3.31. The molecule has 1 aromatic heterocycles. The predicted octanol–water partition coefficient (Wildman–Crippen LogP) is 3.14. The van der Waals surface area contributed by atoms with Crippen LogP contribution in [0.4, 0.5) is 0 Å². The Balaban J connectivity index is 2.73. The van der Waals surface area contributed by atoms with E-state index < -0.39 is 11.5 Å². The van der Waals surface area contributed by atoms with Crippen LogP contribution in [0, 0.1) is 5.92 Å². The summed E-state index contributed by atoms with van der Waals surface area (Å²) in [6.45, 7) is 8.04. The van der Waals surface area contributed by atoms with Gasteiger partial charge in [0, 0.05) is 18.2 Å². The summed E-state index contributed by atoms with van der Waals surface area (Å²) in [5, 5.41) is 11.8.